The van der Waals surface area contributed by atoms with Crippen LogP contribution in [0.2, 0.25) is 0 Å². The van der Waals surface area contributed by atoms with Crippen LogP contribution >= 0.6 is 46.6 Å². The Morgan fingerprint density at radius 3 is 2.38 bits per heavy atom. The highest BCUT2D eigenvalue weighted by Gasteiger charge is 1.99. The molecule has 86 valence electrons. The molecule has 0 bridgehead atoms. The Balaban J connectivity index is 2.56. The van der Waals surface area contributed by atoms with Crippen LogP contribution in [0.15, 0.2) is 45.3 Å². The van der Waals surface area contributed by atoms with Gasteiger partial charge in [0.25, 0.3) is 0 Å². The monoisotopic (exact) mass is 292 g/mol. The summed E-state index contributed by atoms with van der Waals surface area (Å²) < 4.78 is 0.554. The van der Waals surface area contributed by atoms with Crippen LogP contribution in [0, 0.1) is 0 Å². The number of thioether (sulfide) groups is 1. The first kappa shape index (κ1) is 14.0. The summed E-state index contributed by atoms with van der Waals surface area (Å²) in [6, 6.07) is 10.2. The van der Waals surface area contributed by atoms with E-state index in [-0.39, 0.29) is 4.49 Å². The van der Waals surface area contributed by atoms with E-state index in [1.807, 2.05) is 18.2 Å². The topological polar surface area (TPSA) is 0 Å². The van der Waals surface area contributed by atoms with Gasteiger partial charge in [0.15, 0.2) is 0 Å². The molecule has 0 saturated carbocycles. The predicted octanol–water partition coefficient (Wildman–Crippen LogP) is 5.67. The molecule has 0 aromatic heterocycles. The molecule has 0 amide bonds. The molecule has 1 aromatic carbocycles. The van der Waals surface area contributed by atoms with Crippen molar-refractivity contribution in [3.05, 3.63) is 50.8 Å². The molecule has 4 heteroatoms. The average Bonchev–Trinajstić information content (AvgIpc) is 2.29. The largest absolute Gasteiger partial charge is 0.131 e. The van der Waals surface area contributed by atoms with Gasteiger partial charge in [-0.15, -0.1) is 11.8 Å². The lowest BCUT2D eigenvalue weighted by atomic mass is 10.1. The third kappa shape index (κ3) is 4.84. The van der Waals surface area contributed by atoms with Gasteiger partial charge in [-0.2, -0.15) is 0 Å². The first-order valence-corrected chi connectivity index (χ1v) is 6.79. The maximum absolute atomic E-state index is 5.79. The van der Waals surface area contributed by atoms with Crippen LogP contribution in [0.1, 0.15) is 12.5 Å². The van der Waals surface area contributed by atoms with Crippen molar-refractivity contribution < 1.29 is 0 Å². The fraction of sp³-hybridized carbons (Fsp3) is 0.167. The molecule has 0 fully saturated rings. The van der Waals surface area contributed by atoms with Crippen LogP contribution in [0.3, 0.4) is 0 Å². The number of rotatable bonds is 4. The summed E-state index contributed by atoms with van der Waals surface area (Å²) in [4.78, 5) is 0. The molecule has 16 heavy (non-hydrogen) atoms. The van der Waals surface area contributed by atoms with Crippen molar-refractivity contribution in [2.75, 3.05) is 5.75 Å². The van der Waals surface area contributed by atoms with E-state index in [4.69, 9.17) is 34.8 Å². The second-order valence-corrected chi connectivity index (χ2v) is 5.68. The van der Waals surface area contributed by atoms with Crippen LogP contribution in [0.4, 0.5) is 0 Å². The van der Waals surface area contributed by atoms with Crippen molar-refractivity contribution in [3.63, 3.8) is 0 Å². The molecule has 0 unspecified atom stereocenters. The van der Waals surface area contributed by atoms with E-state index < -0.39 is 0 Å². The number of benzene rings is 1. The summed E-state index contributed by atoms with van der Waals surface area (Å²) in [6.07, 6.45) is 2.10. The lowest BCUT2D eigenvalue weighted by molar-refractivity contribution is 1.55. The lowest BCUT2D eigenvalue weighted by Crippen LogP contribution is -1.80. The zero-order valence-electron chi connectivity index (χ0n) is 8.71. The van der Waals surface area contributed by atoms with E-state index in [0.29, 0.717) is 4.36 Å². The minimum absolute atomic E-state index is 0.123. The van der Waals surface area contributed by atoms with E-state index in [1.165, 1.54) is 22.9 Å². The van der Waals surface area contributed by atoms with Crippen molar-refractivity contribution in [2.24, 2.45) is 0 Å². The summed E-state index contributed by atoms with van der Waals surface area (Å²) in [5.41, 5.74) is 2.42. The molecule has 0 radical (unpaired) electrons. The molecule has 0 nitrogen and oxygen atoms in total. The zero-order valence-corrected chi connectivity index (χ0v) is 11.8. The number of halogens is 3. The van der Waals surface area contributed by atoms with Crippen LogP contribution in [-0.2, 0) is 0 Å². The normalized spacial score (nSPS) is 11.4. The van der Waals surface area contributed by atoms with Crippen LogP contribution < -0.4 is 0 Å². The summed E-state index contributed by atoms with van der Waals surface area (Å²) in [6.45, 7) is 2.07. The van der Waals surface area contributed by atoms with Gasteiger partial charge in [0.1, 0.15) is 8.86 Å². The molecule has 1 aromatic rings. The fourth-order valence-electron chi connectivity index (χ4n) is 1.11. The molecular weight excluding hydrogens is 283 g/mol. The molecule has 0 aliphatic carbocycles. The molecule has 0 heterocycles. The van der Waals surface area contributed by atoms with Crippen LogP contribution in [-0.4, -0.2) is 5.75 Å². The molecule has 0 spiro atoms. The van der Waals surface area contributed by atoms with E-state index in [9.17, 15) is 0 Å². The molecule has 0 saturated heterocycles. The third-order valence-corrected chi connectivity index (χ3v) is 4.08. The third-order valence-electron chi connectivity index (χ3n) is 1.98. The summed E-state index contributed by atoms with van der Waals surface area (Å²) in [5.74, 6) is 0.752. The summed E-state index contributed by atoms with van der Waals surface area (Å²) in [5, 5.41) is 0. The summed E-state index contributed by atoms with van der Waals surface area (Å²) >= 11 is 18.3. The van der Waals surface area contributed by atoms with Gasteiger partial charge in [-0.1, -0.05) is 71.2 Å². The highest BCUT2D eigenvalue weighted by molar-refractivity contribution is 8.04. The van der Waals surface area contributed by atoms with E-state index >= 15 is 0 Å². The van der Waals surface area contributed by atoms with Gasteiger partial charge >= 0.3 is 0 Å². The minimum Gasteiger partial charge on any atom is -0.107 e. The Bertz CT molecular complexity index is 392. The minimum atomic E-state index is 0.123. The smallest absolute Gasteiger partial charge is 0.107 e. The van der Waals surface area contributed by atoms with Crippen molar-refractivity contribution in [1.82, 2.24) is 0 Å². The van der Waals surface area contributed by atoms with Crippen molar-refractivity contribution >= 4 is 52.1 Å². The number of hydrogen-bond donors (Lipinski definition) is 0. The maximum Gasteiger partial charge on any atom is 0.131 e. The van der Waals surface area contributed by atoms with Gasteiger partial charge < -0.3 is 0 Å². The Morgan fingerprint density at radius 1 is 1.19 bits per heavy atom. The molecular formula is C12H11Cl3S. The molecule has 1 rings (SSSR count). The van der Waals surface area contributed by atoms with Gasteiger partial charge in [0.05, 0.1) is 0 Å². The van der Waals surface area contributed by atoms with E-state index in [0.717, 1.165) is 5.75 Å². The second kappa shape index (κ2) is 7.29. The molecule has 0 aliphatic heterocycles. The number of hydrogen-bond acceptors (Lipinski definition) is 1. The average molecular weight is 294 g/mol. The SMILES string of the molecule is C/C(=C\CSC(Cl)=C(Cl)Cl)c1ccccc1. The lowest BCUT2D eigenvalue weighted by Gasteiger charge is -2.01. The quantitative estimate of drug-likeness (QED) is 0.689. The van der Waals surface area contributed by atoms with Crippen molar-refractivity contribution in [1.29, 1.82) is 0 Å². The van der Waals surface area contributed by atoms with Gasteiger partial charge in [-0.3, -0.25) is 0 Å². The van der Waals surface area contributed by atoms with E-state index in [1.54, 1.807) is 0 Å². The van der Waals surface area contributed by atoms with Gasteiger partial charge in [-0.05, 0) is 18.1 Å². The second-order valence-electron chi connectivity index (χ2n) is 3.10. The van der Waals surface area contributed by atoms with Gasteiger partial charge in [0, 0.05) is 5.75 Å². The molecule has 0 atom stereocenters. The highest BCUT2D eigenvalue weighted by Crippen LogP contribution is 2.29. The summed E-state index contributed by atoms with van der Waals surface area (Å²) in [7, 11) is 0. The Hall–Kier alpha value is -0.0800. The number of allylic oxidation sites excluding steroid dienone is 1. The maximum atomic E-state index is 5.79. The standard InChI is InChI=1S/C12H11Cl3S/c1-9(10-5-3-2-4-6-10)7-8-16-12(15)11(13)14/h2-7H,8H2,1H3/b9-7+. The first-order chi connectivity index (χ1) is 7.61. The van der Waals surface area contributed by atoms with Crippen molar-refractivity contribution in [3.8, 4) is 0 Å². The predicted molar refractivity (Wildman–Crippen MR) is 77.1 cm³/mol. The van der Waals surface area contributed by atoms with Gasteiger partial charge in [-0.25, -0.2) is 0 Å². The fourth-order valence-corrected chi connectivity index (χ4v) is 2.22. The van der Waals surface area contributed by atoms with E-state index in [2.05, 4.69) is 25.1 Å². The Morgan fingerprint density at radius 2 is 1.81 bits per heavy atom. The molecule has 0 N–H and O–H groups in total. The Kier molecular flexibility index (Phi) is 6.37. The Labute approximate surface area is 115 Å². The highest BCUT2D eigenvalue weighted by atomic mass is 35.5. The van der Waals surface area contributed by atoms with Crippen molar-refractivity contribution in [2.45, 2.75) is 6.92 Å². The molecule has 0 aliphatic rings. The zero-order chi connectivity index (χ0) is 12.0. The first-order valence-electron chi connectivity index (χ1n) is 4.67. The van der Waals surface area contributed by atoms with Gasteiger partial charge in [0.2, 0.25) is 0 Å². The van der Waals surface area contributed by atoms with Crippen LogP contribution in [0.5, 0.6) is 0 Å². The van der Waals surface area contributed by atoms with Crippen LogP contribution in [0.25, 0.3) is 5.57 Å².